The van der Waals surface area contributed by atoms with Crippen LogP contribution < -0.4 is 0 Å². The molecule has 0 fully saturated rings. The van der Waals surface area contributed by atoms with Crippen molar-refractivity contribution in [3.05, 3.63) is 298 Å². The van der Waals surface area contributed by atoms with Crippen LogP contribution in [0.1, 0.15) is 55.6 Å². The molecule has 76 heavy (non-hydrogen) atoms. The summed E-state index contributed by atoms with van der Waals surface area (Å²) in [5.74, 6) is 0.546. The lowest BCUT2D eigenvalue weighted by Gasteiger charge is -2.31. The zero-order valence-corrected chi connectivity index (χ0v) is 40.9. The summed E-state index contributed by atoms with van der Waals surface area (Å²) in [4.78, 5) is 11.0. The highest BCUT2D eigenvalue weighted by Gasteiger charge is 2.53. The molecule has 1 heterocycles. The summed E-state index contributed by atoms with van der Waals surface area (Å²) >= 11 is 0. The number of hydrogen-bond donors (Lipinski definition) is 0. The third kappa shape index (κ3) is 5.49. The van der Waals surface area contributed by atoms with Crippen molar-refractivity contribution in [3.8, 4) is 102 Å². The van der Waals surface area contributed by atoms with E-state index in [9.17, 15) is 10.5 Å². The van der Waals surface area contributed by atoms with Gasteiger partial charge in [-0.15, -0.1) is 0 Å². The molecule has 0 unspecified atom stereocenters. The number of nitriles is 2. The van der Waals surface area contributed by atoms with E-state index in [4.69, 9.17) is 9.97 Å². The third-order valence-electron chi connectivity index (χ3n) is 17.0. The lowest BCUT2D eigenvalue weighted by atomic mass is 9.70. The van der Waals surface area contributed by atoms with Crippen LogP contribution >= 0.6 is 0 Å². The molecule has 4 nitrogen and oxygen atoms in total. The van der Waals surface area contributed by atoms with E-state index in [1.54, 1.807) is 0 Å². The topological polar surface area (TPSA) is 73.4 Å². The van der Waals surface area contributed by atoms with Crippen LogP contribution in [0, 0.1) is 22.7 Å². The van der Waals surface area contributed by atoms with E-state index in [2.05, 4.69) is 206 Å². The number of nitrogens with zero attached hydrogens (tertiary/aromatic N) is 4. The molecule has 4 heteroatoms. The van der Waals surface area contributed by atoms with Gasteiger partial charge >= 0.3 is 0 Å². The second-order valence-electron chi connectivity index (χ2n) is 20.5. The first-order chi connectivity index (χ1) is 37.6. The van der Waals surface area contributed by atoms with Gasteiger partial charge in [0.2, 0.25) is 0 Å². The van der Waals surface area contributed by atoms with Crippen LogP contribution in [0.5, 0.6) is 0 Å². The zero-order valence-electron chi connectivity index (χ0n) is 40.9. The first-order valence-corrected chi connectivity index (χ1v) is 25.8. The summed E-state index contributed by atoms with van der Waals surface area (Å²) in [7, 11) is 0. The molecule has 16 rings (SSSR count). The van der Waals surface area contributed by atoms with Crippen LogP contribution in [-0.2, 0) is 10.8 Å². The SMILES string of the molecule is N#Cc1ccc(-c2nc(-c3ccc(C#N)cc3)c3cc(-c4ccc5c(c4)C4(c6ccccc6-c6ccccc64)c4ccccc4-5)cc(-c4ccc5c(c4)C4(c6ccccc6-c6ccccc64)c4ccccc4-5)c3n2)cc1. The van der Waals surface area contributed by atoms with Crippen LogP contribution in [0.25, 0.3) is 100 Å². The summed E-state index contributed by atoms with van der Waals surface area (Å²) in [5, 5.41) is 20.6. The molecular weight excluding hydrogens is 921 g/mol. The van der Waals surface area contributed by atoms with Gasteiger partial charge < -0.3 is 0 Å². The molecule has 0 N–H and O–H groups in total. The summed E-state index contributed by atoms with van der Waals surface area (Å²) in [5.41, 5.74) is 27.7. The predicted molar refractivity (Wildman–Crippen MR) is 303 cm³/mol. The van der Waals surface area contributed by atoms with E-state index < -0.39 is 10.8 Å². The van der Waals surface area contributed by atoms with E-state index in [0.717, 1.165) is 50.0 Å². The lowest BCUT2D eigenvalue weighted by molar-refractivity contribution is 0.794. The Morgan fingerprint density at radius 2 is 0.632 bits per heavy atom. The highest BCUT2D eigenvalue weighted by Crippen LogP contribution is 2.65. The predicted octanol–water partition coefficient (Wildman–Crippen LogP) is 16.7. The van der Waals surface area contributed by atoms with Crippen molar-refractivity contribution in [3.63, 3.8) is 0 Å². The number of benzene rings is 11. The van der Waals surface area contributed by atoms with E-state index in [1.807, 2.05) is 48.5 Å². The highest BCUT2D eigenvalue weighted by molar-refractivity contribution is 6.06. The lowest BCUT2D eigenvalue weighted by Crippen LogP contribution is -2.25. The van der Waals surface area contributed by atoms with Gasteiger partial charge in [-0.25, -0.2) is 9.97 Å². The van der Waals surface area contributed by atoms with Crippen LogP contribution in [0.3, 0.4) is 0 Å². The maximum absolute atomic E-state index is 9.95. The zero-order chi connectivity index (χ0) is 50.3. The standard InChI is InChI=1S/C72H40N4/c73-41-43-25-29-45(30-26-43)68-59-38-49(47-33-35-56-54-17-5-11-23-64(54)71(66(56)39-47)60-19-7-1-13-50(60)51-14-2-8-20-61(51)71)37-58(69(59)76-70(75-68)46-31-27-44(42-74)28-32-46)48-34-36-57-55-18-6-12-24-65(55)72(67(57)40-48)62-21-9-3-15-52(62)53-16-4-10-22-63(53)72/h1-40H. The molecule has 1 aromatic heterocycles. The average Bonchev–Trinajstić information content (AvgIpc) is 4.18. The number of rotatable bonds is 4. The number of hydrogen-bond acceptors (Lipinski definition) is 4. The molecule has 4 aliphatic carbocycles. The maximum Gasteiger partial charge on any atom is 0.160 e. The van der Waals surface area contributed by atoms with Crippen molar-refractivity contribution in [2.45, 2.75) is 10.8 Å². The minimum atomic E-state index is -0.546. The van der Waals surface area contributed by atoms with Gasteiger partial charge in [-0.3, -0.25) is 0 Å². The molecule has 0 aliphatic heterocycles. The molecule has 0 atom stereocenters. The average molecular weight is 961 g/mol. The Hall–Kier alpha value is -10.3. The normalized spacial score (nSPS) is 13.7. The largest absolute Gasteiger partial charge is 0.227 e. The van der Waals surface area contributed by atoms with Crippen molar-refractivity contribution in [1.82, 2.24) is 9.97 Å². The molecule has 11 aromatic carbocycles. The van der Waals surface area contributed by atoms with Crippen LogP contribution in [-0.4, -0.2) is 9.97 Å². The van der Waals surface area contributed by atoms with Crippen molar-refractivity contribution < 1.29 is 0 Å². The van der Waals surface area contributed by atoms with Gasteiger partial charge in [-0.05, 0) is 166 Å². The fourth-order valence-corrected chi connectivity index (χ4v) is 13.9. The van der Waals surface area contributed by atoms with Crippen molar-refractivity contribution in [2.24, 2.45) is 0 Å². The summed E-state index contributed by atoms with van der Waals surface area (Å²) in [6, 6.07) is 92.3. The van der Waals surface area contributed by atoms with E-state index in [0.29, 0.717) is 17.0 Å². The molecule has 0 bridgehead atoms. The van der Waals surface area contributed by atoms with Gasteiger partial charge in [0.05, 0.1) is 45.3 Å². The Morgan fingerprint density at radius 3 is 1.05 bits per heavy atom. The summed E-state index contributed by atoms with van der Waals surface area (Å²) in [6.07, 6.45) is 0. The minimum absolute atomic E-state index is 0.515. The quantitative estimate of drug-likeness (QED) is 0.176. The van der Waals surface area contributed by atoms with Gasteiger partial charge in [0, 0.05) is 22.1 Å². The Balaban J connectivity index is 0.999. The Kier molecular flexibility index (Phi) is 8.69. The van der Waals surface area contributed by atoms with Gasteiger partial charge in [0.15, 0.2) is 5.82 Å². The van der Waals surface area contributed by atoms with Crippen molar-refractivity contribution in [2.75, 3.05) is 0 Å². The smallest absolute Gasteiger partial charge is 0.160 e. The third-order valence-corrected chi connectivity index (χ3v) is 17.0. The molecule has 348 valence electrons. The summed E-state index contributed by atoms with van der Waals surface area (Å²) < 4.78 is 0. The van der Waals surface area contributed by atoms with Crippen LogP contribution in [0.15, 0.2) is 243 Å². The van der Waals surface area contributed by atoms with E-state index in [1.165, 1.54) is 89.0 Å². The molecule has 0 radical (unpaired) electrons. The highest BCUT2D eigenvalue weighted by atomic mass is 14.9. The maximum atomic E-state index is 9.95. The monoisotopic (exact) mass is 960 g/mol. The minimum Gasteiger partial charge on any atom is -0.227 e. The van der Waals surface area contributed by atoms with E-state index in [-0.39, 0.29) is 0 Å². The van der Waals surface area contributed by atoms with Crippen LogP contribution in [0.4, 0.5) is 0 Å². The second-order valence-corrected chi connectivity index (χ2v) is 20.5. The van der Waals surface area contributed by atoms with Gasteiger partial charge in [0.25, 0.3) is 0 Å². The second kappa shape index (κ2) is 15.6. The van der Waals surface area contributed by atoms with Crippen LogP contribution in [0.2, 0.25) is 0 Å². The Morgan fingerprint density at radius 1 is 0.276 bits per heavy atom. The first kappa shape index (κ1) is 42.3. The number of aromatic nitrogens is 2. The molecule has 0 amide bonds. The fraction of sp³-hybridized carbons (Fsp3) is 0.0278. The van der Waals surface area contributed by atoms with E-state index >= 15 is 0 Å². The molecule has 4 aliphatic rings. The van der Waals surface area contributed by atoms with Gasteiger partial charge in [-0.2, -0.15) is 10.5 Å². The van der Waals surface area contributed by atoms with Gasteiger partial charge in [-0.1, -0.05) is 182 Å². The first-order valence-electron chi connectivity index (χ1n) is 25.8. The van der Waals surface area contributed by atoms with Gasteiger partial charge in [0.1, 0.15) is 0 Å². The van der Waals surface area contributed by atoms with Crippen molar-refractivity contribution >= 4 is 10.9 Å². The molecule has 2 spiro atoms. The summed E-state index contributed by atoms with van der Waals surface area (Å²) in [6.45, 7) is 0. The molecule has 12 aromatic rings. The Labute approximate surface area is 439 Å². The molecular formula is C72H40N4. The van der Waals surface area contributed by atoms with Crippen molar-refractivity contribution in [1.29, 1.82) is 10.5 Å². The number of fused-ring (bicyclic) bond motifs is 21. The Bertz CT molecular complexity index is 4480. The fourth-order valence-electron chi connectivity index (χ4n) is 13.9. The molecule has 0 saturated heterocycles. The molecule has 0 saturated carbocycles.